The molecule has 0 spiro atoms. The maximum absolute atomic E-state index is 11.9. The topological polar surface area (TPSA) is 78.1 Å². The Morgan fingerprint density at radius 3 is 2.81 bits per heavy atom. The quantitative estimate of drug-likeness (QED) is 0.684. The number of nitrogens with zero attached hydrogens (tertiary/aromatic N) is 3. The Morgan fingerprint density at radius 2 is 2.05 bits per heavy atom. The molecule has 0 aliphatic carbocycles. The first-order chi connectivity index (χ1) is 10.3. The van der Waals surface area contributed by atoms with Gasteiger partial charge in [-0.3, -0.25) is 4.98 Å². The van der Waals surface area contributed by atoms with Crippen molar-refractivity contribution in [2.75, 3.05) is 0 Å². The molecule has 0 radical (unpaired) electrons. The minimum absolute atomic E-state index is 0.103. The van der Waals surface area contributed by atoms with E-state index in [0.29, 0.717) is 5.69 Å². The van der Waals surface area contributed by atoms with E-state index in [-0.39, 0.29) is 18.2 Å². The average molecular weight is 281 g/mol. The highest BCUT2D eigenvalue weighted by molar-refractivity contribution is 5.87. The molecule has 0 atom stereocenters. The van der Waals surface area contributed by atoms with Crippen LogP contribution in [0.25, 0.3) is 11.6 Å². The van der Waals surface area contributed by atoms with Crippen LogP contribution in [0.3, 0.4) is 0 Å². The van der Waals surface area contributed by atoms with Crippen LogP contribution >= 0.6 is 0 Å². The molecule has 0 saturated carbocycles. The van der Waals surface area contributed by atoms with Gasteiger partial charge in [0.1, 0.15) is 18.6 Å². The number of hydrogen-bond acceptors (Lipinski definition) is 6. The number of oxazole rings is 1. The molecular formula is C15H11N3O3. The van der Waals surface area contributed by atoms with Crippen molar-refractivity contribution in [3.63, 3.8) is 0 Å². The molecule has 6 heteroatoms. The van der Waals surface area contributed by atoms with Gasteiger partial charge in [-0.2, -0.15) is 0 Å². The molecule has 3 rings (SSSR count). The standard InChI is InChI=1S/C15H11N3O3/c19-15(21-9-11-4-2-1-3-5-11)13-10-20-14(18-13)12-8-16-6-7-17-12/h1-8,10H,9H2. The number of ether oxygens (including phenoxy) is 1. The van der Waals surface area contributed by atoms with Crippen LogP contribution in [0.15, 0.2) is 59.6 Å². The van der Waals surface area contributed by atoms with Gasteiger partial charge in [-0.25, -0.2) is 14.8 Å². The SMILES string of the molecule is O=C(OCc1ccccc1)c1coc(-c2cnccn2)n1. The molecule has 0 saturated heterocycles. The van der Waals surface area contributed by atoms with Gasteiger partial charge >= 0.3 is 5.97 Å². The summed E-state index contributed by atoms with van der Waals surface area (Å²) in [7, 11) is 0. The minimum Gasteiger partial charge on any atom is -0.456 e. The van der Waals surface area contributed by atoms with Gasteiger partial charge in [0, 0.05) is 12.4 Å². The molecule has 0 fully saturated rings. The van der Waals surface area contributed by atoms with E-state index in [2.05, 4.69) is 15.0 Å². The van der Waals surface area contributed by atoms with Crippen molar-refractivity contribution in [3.05, 3.63) is 66.4 Å². The first kappa shape index (κ1) is 13.0. The van der Waals surface area contributed by atoms with Gasteiger partial charge < -0.3 is 9.15 Å². The normalized spacial score (nSPS) is 10.3. The molecule has 1 aromatic carbocycles. The Kier molecular flexibility index (Phi) is 3.68. The summed E-state index contributed by atoms with van der Waals surface area (Å²) in [5.41, 5.74) is 1.47. The summed E-state index contributed by atoms with van der Waals surface area (Å²) >= 11 is 0. The highest BCUT2D eigenvalue weighted by Gasteiger charge is 2.15. The van der Waals surface area contributed by atoms with Crippen LogP contribution in [0.5, 0.6) is 0 Å². The Morgan fingerprint density at radius 1 is 1.19 bits per heavy atom. The van der Waals surface area contributed by atoms with E-state index in [1.165, 1.54) is 18.7 Å². The van der Waals surface area contributed by atoms with Gasteiger partial charge in [0.15, 0.2) is 5.69 Å². The van der Waals surface area contributed by atoms with Crippen LogP contribution in [0, 0.1) is 0 Å². The van der Waals surface area contributed by atoms with E-state index in [9.17, 15) is 4.79 Å². The Hall–Kier alpha value is -3.02. The van der Waals surface area contributed by atoms with Gasteiger partial charge in [0.2, 0.25) is 5.89 Å². The van der Waals surface area contributed by atoms with E-state index >= 15 is 0 Å². The number of rotatable bonds is 4. The van der Waals surface area contributed by atoms with E-state index in [1.807, 2.05) is 30.3 Å². The molecule has 2 heterocycles. The van der Waals surface area contributed by atoms with Crippen LogP contribution in [0.4, 0.5) is 0 Å². The molecule has 0 N–H and O–H groups in total. The van der Waals surface area contributed by atoms with E-state index < -0.39 is 5.97 Å². The molecule has 0 amide bonds. The summed E-state index contributed by atoms with van der Waals surface area (Å²) in [4.78, 5) is 23.9. The number of carbonyl (C=O) groups excluding carboxylic acids is 1. The number of benzene rings is 1. The molecule has 104 valence electrons. The lowest BCUT2D eigenvalue weighted by atomic mass is 10.2. The van der Waals surface area contributed by atoms with Crippen molar-refractivity contribution in [3.8, 4) is 11.6 Å². The maximum atomic E-state index is 11.9. The van der Waals surface area contributed by atoms with E-state index in [0.717, 1.165) is 5.56 Å². The third-order valence-electron chi connectivity index (χ3n) is 2.71. The van der Waals surface area contributed by atoms with Gasteiger partial charge in [-0.05, 0) is 5.56 Å². The lowest BCUT2D eigenvalue weighted by Gasteiger charge is -2.01. The Labute approximate surface area is 120 Å². The fraction of sp³-hybridized carbons (Fsp3) is 0.0667. The summed E-state index contributed by atoms with van der Waals surface area (Å²) in [5.74, 6) is -0.312. The second-order valence-corrected chi connectivity index (χ2v) is 4.19. The molecule has 21 heavy (non-hydrogen) atoms. The van der Waals surface area contributed by atoms with Crippen LogP contribution in [-0.4, -0.2) is 20.9 Å². The molecule has 3 aromatic rings. The summed E-state index contributed by atoms with van der Waals surface area (Å²) in [6.45, 7) is 0.188. The molecule has 0 bridgehead atoms. The van der Waals surface area contributed by atoms with Crippen molar-refractivity contribution >= 4 is 5.97 Å². The maximum Gasteiger partial charge on any atom is 0.360 e. The predicted molar refractivity (Wildman–Crippen MR) is 73.1 cm³/mol. The summed E-state index contributed by atoms with van der Waals surface area (Å²) in [6, 6.07) is 9.41. The lowest BCUT2D eigenvalue weighted by molar-refractivity contribution is 0.0465. The molecular weight excluding hydrogens is 270 g/mol. The summed E-state index contributed by atoms with van der Waals surface area (Å²) in [5, 5.41) is 0. The van der Waals surface area contributed by atoms with Crippen molar-refractivity contribution in [2.45, 2.75) is 6.61 Å². The highest BCUT2D eigenvalue weighted by atomic mass is 16.5. The van der Waals surface area contributed by atoms with Crippen LogP contribution in [0.1, 0.15) is 16.1 Å². The molecule has 2 aromatic heterocycles. The smallest absolute Gasteiger partial charge is 0.360 e. The second-order valence-electron chi connectivity index (χ2n) is 4.19. The van der Waals surface area contributed by atoms with Gasteiger partial charge in [-0.15, -0.1) is 0 Å². The number of hydrogen-bond donors (Lipinski definition) is 0. The minimum atomic E-state index is -0.544. The zero-order chi connectivity index (χ0) is 14.5. The highest BCUT2D eigenvalue weighted by Crippen LogP contribution is 2.15. The van der Waals surface area contributed by atoms with E-state index in [4.69, 9.17) is 9.15 Å². The molecule has 6 nitrogen and oxygen atoms in total. The van der Waals surface area contributed by atoms with Crippen molar-refractivity contribution in [1.29, 1.82) is 0 Å². The van der Waals surface area contributed by atoms with Crippen LogP contribution < -0.4 is 0 Å². The van der Waals surface area contributed by atoms with Gasteiger partial charge in [-0.1, -0.05) is 30.3 Å². The number of esters is 1. The van der Waals surface area contributed by atoms with Crippen LogP contribution in [-0.2, 0) is 11.3 Å². The Balaban J connectivity index is 1.67. The predicted octanol–water partition coefficient (Wildman–Crippen LogP) is 2.49. The third kappa shape index (κ3) is 3.11. The monoisotopic (exact) mass is 281 g/mol. The van der Waals surface area contributed by atoms with E-state index in [1.54, 1.807) is 6.20 Å². The average Bonchev–Trinajstić information content (AvgIpc) is 3.04. The van der Waals surface area contributed by atoms with Crippen molar-refractivity contribution in [2.24, 2.45) is 0 Å². The number of carbonyl (C=O) groups is 1. The molecule has 0 aliphatic rings. The van der Waals surface area contributed by atoms with Crippen molar-refractivity contribution < 1.29 is 13.9 Å². The van der Waals surface area contributed by atoms with Crippen molar-refractivity contribution in [1.82, 2.24) is 15.0 Å². The number of aromatic nitrogens is 3. The Bertz CT molecular complexity index is 726. The first-order valence-corrected chi connectivity index (χ1v) is 6.26. The fourth-order valence-electron chi connectivity index (χ4n) is 1.69. The first-order valence-electron chi connectivity index (χ1n) is 6.26. The van der Waals surface area contributed by atoms with Gasteiger partial charge in [0.05, 0.1) is 6.20 Å². The van der Waals surface area contributed by atoms with Gasteiger partial charge in [0.25, 0.3) is 0 Å². The molecule has 0 aliphatic heterocycles. The zero-order valence-corrected chi connectivity index (χ0v) is 11.0. The zero-order valence-electron chi connectivity index (χ0n) is 11.0. The second kappa shape index (κ2) is 5.96. The fourth-order valence-corrected chi connectivity index (χ4v) is 1.69. The molecule has 0 unspecified atom stereocenters. The summed E-state index contributed by atoms with van der Waals surface area (Å²) < 4.78 is 10.4. The lowest BCUT2D eigenvalue weighted by Crippen LogP contribution is -2.05. The summed E-state index contributed by atoms with van der Waals surface area (Å²) in [6.07, 6.45) is 5.82. The third-order valence-corrected chi connectivity index (χ3v) is 2.71. The largest absolute Gasteiger partial charge is 0.456 e. The van der Waals surface area contributed by atoms with Crippen LogP contribution in [0.2, 0.25) is 0 Å².